The third-order valence-corrected chi connectivity index (χ3v) is 13.7. The fraction of sp³-hybridized carbons (Fsp3) is 0.679. The van der Waals surface area contributed by atoms with Crippen molar-refractivity contribution in [3.63, 3.8) is 0 Å². The van der Waals surface area contributed by atoms with Gasteiger partial charge in [-0.1, -0.05) is 71.9 Å². The van der Waals surface area contributed by atoms with Crippen molar-refractivity contribution in [3.05, 3.63) is 35.9 Å². The minimum Gasteiger partial charge on any atom is -0.394 e. The van der Waals surface area contributed by atoms with E-state index in [1.807, 2.05) is 0 Å². The lowest BCUT2D eigenvalue weighted by Crippen LogP contribution is -2.62. The van der Waals surface area contributed by atoms with Crippen molar-refractivity contribution < 1.29 is 67.7 Å². The second kappa shape index (κ2) is 40.7. The minimum atomic E-state index is -1.60. The topological polar surface area (TPSA) is 540 Å². The van der Waals surface area contributed by atoms with Gasteiger partial charge in [0.1, 0.15) is 60.6 Å². The third kappa shape index (κ3) is 30.6. The lowest BCUT2D eigenvalue weighted by molar-refractivity contribution is -0.138. The number of carbonyl (C=O) groups excluding carboxylic acids is 11. The monoisotopic (exact) mass is 1230 g/mol. The quantitative estimate of drug-likeness (QED) is 0.0126. The van der Waals surface area contributed by atoms with Crippen LogP contribution in [0.3, 0.4) is 0 Å². The molecule has 0 bridgehead atoms. The number of nitrogens with two attached hydrogens (primary N) is 7. The van der Waals surface area contributed by atoms with Crippen molar-refractivity contribution in [2.45, 2.75) is 198 Å². The number of ether oxygens (including phenoxy) is 1. The maximum atomic E-state index is 14.5. The molecule has 1 aromatic rings. The maximum Gasteiger partial charge on any atom is 0.245 e. The molecule has 0 aromatic heterocycles. The highest BCUT2D eigenvalue weighted by atomic mass is 16.5. The van der Waals surface area contributed by atoms with Gasteiger partial charge < -0.3 is 103 Å². The number of guanidine groups is 1. The van der Waals surface area contributed by atoms with E-state index >= 15 is 0 Å². The first-order valence-corrected chi connectivity index (χ1v) is 29.3. The van der Waals surface area contributed by atoms with Gasteiger partial charge >= 0.3 is 0 Å². The van der Waals surface area contributed by atoms with Crippen molar-refractivity contribution in [2.24, 2.45) is 62.9 Å². The number of unbranched alkanes of at least 4 members (excludes halogenated alkanes) is 1. The van der Waals surface area contributed by atoms with E-state index in [0.29, 0.717) is 12.0 Å². The highest BCUT2D eigenvalue weighted by Crippen LogP contribution is 2.14. The molecular weight excluding hydrogens is 1130 g/mol. The molecule has 31 nitrogen and oxygen atoms in total. The molecule has 11 amide bonds. The fourth-order valence-corrected chi connectivity index (χ4v) is 8.62. The summed E-state index contributed by atoms with van der Waals surface area (Å²) in [6.45, 7) is 11.2. The fourth-order valence-electron chi connectivity index (χ4n) is 8.62. The zero-order valence-corrected chi connectivity index (χ0v) is 51.4. The van der Waals surface area contributed by atoms with Crippen LogP contribution in [0.5, 0.6) is 0 Å². The van der Waals surface area contributed by atoms with Gasteiger partial charge in [0.15, 0.2) is 5.96 Å². The van der Waals surface area contributed by atoms with Crippen LogP contribution < -0.4 is 88.0 Å². The van der Waals surface area contributed by atoms with Crippen LogP contribution in [0.2, 0.25) is 0 Å². The molecule has 0 radical (unpaired) electrons. The van der Waals surface area contributed by atoms with Gasteiger partial charge in [-0.2, -0.15) is 0 Å². The van der Waals surface area contributed by atoms with E-state index < -0.39 is 151 Å². The lowest BCUT2D eigenvalue weighted by Gasteiger charge is -2.30. The number of hydrogen-bond acceptors (Lipinski definition) is 18. The number of methoxy groups -OCH3 is 1. The van der Waals surface area contributed by atoms with Crippen LogP contribution in [0.15, 0.2) is 35.3 Å². The number of aliphatic hydroxyl groups excluding tert-OH is 2. The molecule has 31 heteroatoms. The Hall–Kier alpha value is -7.58. The molecule has 1 unspecified atom stereocenters. The van der Waals surface area contributed by atoms with Crippen LogP contribution in [-0.2, 0) is 63.9 Å². The normalized spacial score (nSPS) is 15.4. The van der Waals surface area contributed by atoms with E-state index in [0.717, 1.165) is 0 Å². The Labute approximate surface area is 508 Å². The number of carbonyl (C=O) groups is 11. The summed E-state index contributed by atoms with van der Waals surface area (Å²) in [6.07, 6.45) is -3.06. The van der Waals surface area contributed by atoms with E-state index in [1.165, 1.54) is 14.0 Å². The first-order valence-electron chi connectivity index (χ1n) is 29.3. The van der Waals surface area contributed by atoms with Crippen LogP contribution >= 0.6 is 0 Å². The van der Waals surface area contributed by atoms with Crippen LogP contribution in [-0.4, -0.2) is 181 Å². The van der Waals surface area contributed by atoms with E-state index in [4.69, 9.17) is 44.9 Å². The second-order valence-electron chi connectivity index (χ2n) is 22.6. The summed E-state index contributed by atoms with van der Waals surface area (Å²) in [5, 5.41) is 43.1. The first-order chi connectivity index (χ1) is 40.8. The van der Waals surface area contributed by atoms with Crippen molar-refractivity contribution >= 4 is 70.9 Å². The lowest BCUT2D eigenvalue weighted by atomic mass is 10.0. The summed E-state index contributed by atoms with van der Waals surface area (Å²) in [7, 11) is 1.26. The van der Waals surface area contributed by atoms with E-state index in [1.54, 1.807) is 71.9 Å². The van der Waals surface area contributed by atoms with Crippen molar-refractivity contribution in [2.75, 3.05) is 26.8 Å². The van der Waals surface area contributed by atoms with Gasteiger partial charge in [-0.05, 0) is 101 Å². The number of nitrogens with one attached hydrogen (secondary N) is 9. The number of amides is 11. The molecule has 0 saturated heterocycles. The Morgan fingerprint density at radius 1 is 0.517 bits per heavy atom. The molecule has 87 heavy (non-hydrogen) atoms. The molecule has 0 heterocycles. The van der Waals surface area contributed by atoms with Crippen LogP contribution in [0, 0.1) is 17.8 Å². The zero-order valence-electron chi connectivity index (χ0n) is 51.4. The minimum absolute atomic E-state index is 0.00451. The third-order valence-electron chi connectivity index (χ3n) is 13.7. The van der Waals surface area contributed by atoms with Gasteiger partial charge in [-0.25, -0.2) is 0 Å². The predicted octanol–water partition coefficient (Wildman–Crippen LogP) is -5.31. The van der Waals surface area contributed by atoms with Crippen molar-refractivity contribution in [1.82, 2.24) is 47.9 Å². The van der Waals surface area contributed by atoms with E-state index in [9.17, 15) is 63.0 Å². The maximum absolute atomic E-state index is 14.5. The van der Waals surface area contributed by atoms with Crippen molar-refractivity contribution in [3.8, 4) is 0 Å². The number of benzene rings is 1. The Morgan fingerprint density at radius 2 is 0.954 bits per heavy atom. The predicted molar refractivity (Wildman–Crippen MR) is 323 cm³/mol. The molecule has 0 spiro atoms. The molecule has 0 aliphatic carbocycles. The molecule has 1 aromatic carbocycles. The summed E-state index contributed by atoms with van der Waals surface area (Å²) < 4.78 is 5.51. The number of aliphatic hydroxyl groups is 2. The molecule has 0 fully saturated rings. The first kappa shape index (κ1) is 77.4. The SMILES string of the molecule is CO[C@H](C)[C@H](NC(=O)[C@H](CC(C)C)NC(=O)[C@H](CCC(N)=O)NC(=O)[C@H](CCC(N)O)NC(=O)[C@@H](N)C(C)C)C(=O)N[C@@H](CCCCN)C(=O)N[C@@H](CCCN=C(N)N)C(=O)N[C@@H](Cc1ccccc1)C(=O)N[C@@H](CO)C(=O)N[C@@H](CC(C)C)C(N)=O. The van der Waals surface area contributed by atoms with Crippen LogP contribution in [0.1, 0.15) is 125 Å². The summed E-state index contributed by atoms with van der Waals surface area (Å²) in [5.41, 5.74) is 40.0. The van der Waals surface area contributed by atoms with E-state index in [2.05, 4.69) is 52.8 Å². The van der Waals surface area contributed by atoms with E-state index in [-0.39, 0.29) is 101 Å². The molecular formula is C56H99N17O14. The summed E-state index contributed by atoms with van der Waals surface area (Å²) >= 11 is 0. The summed E-state index contributed by atoms with van der Waals surface area (Å²) in [4.78, 5) is 154. The van der Waals surface area contributed by atoms with Gasteiger partial charge in [0.25, 0.3) is 0 Å². The molecule has 25 N–H and O–H groups in total. The van der Waals surface area contributed by atoms with Gasteiger partial charge in [0.2, 0.25) is 65.0 Å². The van der Waals surface area contributed by atoms with Gasteiger partial charge in [-0.15, -0.1) is 0 Å². The molecule has 0 aliphatic heterocycles. The second-order valence-corrected chi connectivity index (χ2v) is 22.6. The standard InChI is InChI=1S/C56H99N17O14/c1-29(2)25-38(46(61)77)69-53(84)41(28-74)72-51(82)40(27-33-15-10-9-11-16-33)71-48(79)35(18-14-24-64-56(62)63)65-47(78)34(17-12-13-23-57)68-55(86)45(32(7)87-8)73-52(83)39(26-30(3)4)70-50(81)36(19-21-42(58)75)66-49(80)37(20-22-43(59)76)67-54(85)44(60)31(5)6/h9-11,15-16,29-32,34-41,43-45,74,76H,12-14,17-28,57,59-60H2,1-8H3,(H2,58,75)(H2,61,77)(H,65,78)(H,66,80)(H,67,85)(H,68,86)(H,69,84)(H,70,81)(H,71,79)(H,72,82)(H,73,83)(H4,62,63,64)/t32-,34+,35+,36+,37+,38+,39+,40+,41+,43?,44+,45+/m1/s1. The number of hydrogen-bond donors (Lipinski definition) is 18. The average molecular weight is 1230 g/mol. The zero-order chi connectivity index (χ0) is 66.1. The summed E-state index contributed by atoms with van der Waals surface area (Å²) in [5.74, 6) is -10.7. The van der Waals surface area contributed by atoms with Gasteiger partial charge in [0.05, 0.1) is 18.8 Å². The Kier molecular flexibility index (Phi) is 36.3. The molecule has 0 aliphatic rings. The number of primary amides is 2. The molecule has 12 atom stereocenters. The number of aliphatic imine (C=N–C) groups is 1. The number of rotatable bonds is 43. The largest absolute Gasteiger partial charge is 0.394 e. The Morgan fingerprint density at radius 3 is 1.44 bits per heavy atom. The van der Waals surface area contributed by atoms with Gasteiger partial charge in [-0.3, -0.25) is 57.7 Å². The molecule has 492 valence electrons. The van der Waals surface area contributed by atoms with Crippen molar-refractivity contribution in [1.29, 1.82) is 0 Å². The average Bonchev–Trinajstić information content (AvgIpc) is 3.55. The highest BCUT2D eigenvalue weighted by Gasteiger charge is 2.37. The smallest absolute Gasteiger partial charge is 0.245 e. The highest BCUT2D eigenvalue weighted by molar-refractivity contribution is 5.99. The number of nitrogens with zero attached hydrogens (tertiary/aromatic N) is 1. The van der Waals surface area contributed by atoms with Crippen LogP contribution in [0.4, 0.5) is 0 Å². The molecule has 1 rings (SSSR count). The van der Waals surface area contributed by atoms with Gasteiger partial charge in [0, 0.05) is 26.5 Å². The Bertz CT molecular complexity index is 2410. The Balaban J connectivity index is 3.71. The summed E-state index contributed by atoms with van der Waals surface area (Å²) in [6, 6.07) is -5.50. The molecule has 0 saturated carbocycles. The van der Waals surface area contributed by atoms with Crippen LogP contribution in [0.25, 0.3) is 0 Å².